The summed E-state index contributed by atoms with van der Waals surface area (Å²) in [4.78, 5) is 0. The Balaban J connectivity index is 2.05. The summed E-state index contributed by atoms with van der Waals surface area (Å²) in [7, 11) is 0. The molecule has 0 saturated heterocycles. The van der Waals surface area contributed by atoms with Crippen LogP contribution in [-0.2, 0) is 0 Å². The van der Waals surface area contributed by atoms with Crippen molar-refractivity contribution < 1.29 is 4.39 Å². The maximum absolute atomic E-state index is 13.8. The molecule has 4 N–H and O–H groups in total. The highest BCUT2D eigenvalue weighted by Gasteiger charge is 2.09. The van der Waals surface area contributed by atoms with Gasteiger partial charge in [-0.25, -0.2) is 4.39 Å². The number of aromatic nitrogens is 2. The quantitative estimate of drug-likeness (QED) is 0.626. The Bertz CT molecular complexity index is 753. The Morgan fingerprint density at radius 1 is 1.26 bits per heavy atom. The third-order valence-electron chi connectivity index (χ3n) is 2.83. The van der Waals surface area contributed by atoms with Crippen LogP contribution in [0.1, 0.15) is 0 Å². The van der Waals surface area contributed by atoms with E-state index >= 15 is 0 Å². The van der Waals surface area contributed by atoms with Gasteiger partial charge in [0.1, 0.15) is 0 Å². The van der Waals surface area contributed by atoms with Crippen LogP contribution in [0.25, 0.3) is 10.9 Å². The van der Waals surface area contributed by atoms with E-state index in [4.69, 9.17) is 17.3 Å². The van der Waals surface area contributed by atoms with Crippen molar-refractivity contribution in [2.75, 3.05) is 11.1 Å². The van der Waals surface area contributed by atoms with Crippen molar-refractivity contribution in [2.24, 2.45) is 0 Å². The predicted molar refractivity (Wildman–Crippen MR) is 75.2 cm³/mol. The molecule has 0 aliphatic rings. The molecule has 0 fully saturated rings. The summed E-state index contributed by atoms with van der Waals surface area (Å²) in [5.74, 6) is -0.506. The first-order chi connectivity index (χ1) is 9.15. The number of nitrogens with one attached hydrogen (secondary N) is 2. The average Bonchev–Trinajstić information content (AvgIpc) is 2.82. The van der Waals surface area contributed by atoms with Gasteiger partial charge >= 0.3 is 0 Å². The first kappa shape index (κ1) is 11.8. The Hall–Kier alpha value is -2.27. The highest BCUT2D eigenvalue weighted by molar-refractivity contribution is 6.31. The van der Waals surface area contributed by atoms with Crippen LogP contribution in [0.4, 0.5) is 21.5 Å². The number of benzene rings is 2. The Morgan fingerprint density at radius 2 is 2.11 bits per heavy atom. The van der Waals surface area contributed by atoms with Gasteiger partial charge in [-0.05, 0) is 24.3 Å². The molecular formula is C13H10ClFN4. The third kappa shape index (κ3) is 2.08. The van der Waals surface area contributed by atoms with Crippen molar-refractivity contribution in [3.63, 3.8) is 0 Å². The lowest BCUT2D eigenvalue weighted by Crippen LogP contribution is -1.98. The van der Waals surface area contributed by atoms with Crippen molar-refractivity contribution in [3.05, 3.63) is 47.4 Å². The Morgan fingerprint density at radius 3 is 2.95 bits per heavy atom. The fourth-order valence-corrected chi connectivity index (χ4v) is 2.04. The summed E-state index contributed by atoms with van der Waals surface area (Å²) in [6.45, 7) is 0. The van der Waals surface area contributed by atoms with Gasteiger partial charge in [-0.15, -0.1) is 0 Å². The average molecular weight is 277 g/mol. The number of nitrogens with zero attached hydrogens (tertiary/aromatic N) is 1. The molecule has 96 valence electrons. The number of halogens is 2. The van der Waals surface area contributed by atoms with Crippen LogP contribution < -0.4 is 11.1 Å². The van der Waals surface area contributed by atoms with Crippen LogP contribution in [0.5, 0.6) is 0 Å². The predicted octanol–water partition coefficient (Wildman–Crippen LogP) is 3.68. The molecule has 1 aromatic heterocycles. The van der Waals surface area contributed by atoms with Gasteiger partial charge in [0.05, 0.1) is 33.8 Å². The number of hydrogen-bond donors (Lipinski definition) is 3. The topological polar surface area (TPSA) is 66.7 Å². The van der Waals surface area contributed by atoms with Gasteiger partial charge in [0.25, 0.3) is 0 Å². The lowest BCUT2D eigenvalue weighted by molar-refractivity contribution is 0.632. The van der Waals surface area contributed by atoms with Gasteiger partial charge in [0, 0.05) is 5.39 Å². The van der Waals surface area contributed by atoms with E-state index in [2.05, 4.69) is 15.5 Å². The number of H-pyrrole nitrogens is 1. The van der Waals surface area contributed by atoms with E-state index in [1.807, 2.05) is 0 Å². The molecule has 4 nitrogen and oxygen atoms in total. The largest absolute Gasteiger partial charge is 0.397 e. The normalized spacial score (nSPS) is 10.8. The highest BCUT2D eigenvalue weighted by atomic mass is 35.5. The molecule has 0 unspecified atom stereocenters. The van der Waals surface area contributed by atoms with E-state index in [-0.39, 0.29) is 10.7 Å². The number of fused-ring (bicyclic) bond motifs is 1. The smallest absolute Gasteiger partial charge is 0.165 e. The molecule has 3 rings (SSSR count). The second-order valence-electron chi connectivity index (χ2n) is 4.12. The van der Waals surface area contributed by atoms with E-state index in [1.54, 1.807) is 30.5 Å². The number of nitrogens with two attached hydrogens (primary N) is 1. The molecule has 1 heterocycles. The number of aromatic amines is 1. The minimum Gasteiger partial charge on any atom is -0.397 e. The molecule has 0 spiro atoms. The minimum absolute atomic E-state index is 0.0613. The van der Waals surface area contributed by atoms with Gasteiger partial charge in [-0.3, -0.25) is 5.10 Å². The molecule has 6 heteroatoms. The SMILES string of the molecule is Nc1cc2cn[nH]c2cc1Nc1cccc(Cl)c1F. The molecule has 19 heavy (non-hydrogen) atoms. The maximum Gasteiger partial charge on any atom is 0.165 e. The first-order valence-corrected chi connectivity index (χ1v) is 5.96. The zero-order valence-corrected chi connectivity index (χ0v) is 10.5. The van der Waals surface area contributed by atoms with Crippen LogP contribution >= 0.6 is 11.6 Å². The van der Waals surface area contributed by atoms with Crippen LogP contribution in [0.15, 0.2) is 36.5 Å². The molecular weight excluding hydrogens is 267 g/mol. The summed E-state index contributed by atoms with van der Waals surface area (Å²) in [5.41, 5.74) is 8.12. The Labute approximate surface area is 113 Å². The van der Waals surface area contributed by atoms with Crippen molar-refractivity contribution >= 4 is 39.6 Å². The number of nitrogen functional groups attached to an aromatic ring is 1. The van der Waals surface area contributed by atoms with E-state index in [1.165, 1.54) is 6.07 Å². The number of rotatable bonds is 2. The second kappa shape index (κ2) is 4.44. The lowest BCUT2D eigenvalue weighted by Gasteiger charge is -2.11. The molecule has 0 saturated carbocycles. The number of hydrogen-bond acceptors (Lipinski definition) is 3. The molecule has 0 amide bonds. The van der Waals surface area contributed by atoms with Gasteiger partial charge in [-0.2, -0.15) is 5.10 Å². The van der Waals surface area contributed by atoms with Crippen molar-refractivity contribution in [3.8, 4) is 0 Å². The van der Waals surface area contributed by atoms with Crippen LogP contribution in [-0.4, -0.2) is 10.2 Å². The Kier molecular flexibility index (Phi) is 2.76. The van der Waals surface area contributed by atoms with Crippen molar-refractivity contribution in [1.82, 2.24) is 10.2 Å². The van der Waals surface area contributed by atoms with Crippen LogP contribution in [0, 0.1) is 5.82 Å². The zero-order chi connectivity index (χ0) is 13.4. The summed E-state index contributed by atoms with van der Waals surface area (Å²) in [6, 6.07) is 8.29. The summed E-state index contributed by atoms with van der Waals surface area (Å²) < 4.78 is 13.8. The fourth-order valence-electron chi connectivity index (χ4n) is 1.86. The van der Waals surface area contributed by atoms with Gasteiger partial charge in [0.15, 0.2) is 5.82 Å². The van der Waals surface area contributed by atoms with Crippen LogP contribution in [0.2, 0.25) is 5.02 Å². The van der Waals surface area contributed by atoms with E-state index < -0.39 is 5.82 Å². The second-order valence-corrected chi connectivity index (χ2v) is 4.53. The van der Waals surface area contributed by atoms with E-state index in [0.29, 0.717) is 11.4 Å². The van der Waals surface area contributed by atoms with Gasteiger partial charge in [0.2, 0.25) is 0 Å². The highest BCUT2D eigenvalue weighted by Crippen LogP contribution is 2.30. The molecule has 0 atom stereocenters. The van der Waals surface area contributed by atoms with Crippen molar-refractivity contribution in [2.45, 2.75) is 0 Å². The van der Waals surface area contributed by atoms with Crippen LogP contribution in [0.3, 0.4) is 0 Å². The van der Waals surface area contributed by atoms with E-state index in [0.717, 1.165) is 10.9 Å². The zero-order valence-electron chi connectivity index (χ0n) is 9.74. The van der Waals surface area contributed by atoms with Gasteiger partial charge < -0.3 is 11.1 Å². The lowest BCUT2D eigenvalue weighted by atomic mass is 10.2. The molecule has 3 aromatic rings. The molecule has 0 aliphatic carbocycles. The molecule has 0 aliphatic heterocycles. The van der Waals surface area contributed by atoms with E-state index in [9.17, 15) is 4.39 Å². The summed E-state index contributed by atoms with van der Waals surface area (Å²) in [6.07, 6.45) is 1.68. The monoisotopic (exact) mass is 276 g/mol. The fraction of sp³-hybridized carbons (Fsp3) is 0. The number of anilines is 3. The first-order valence-electron chi connectivity index (χ1n) is 5.59. The molecule has 2 aromatic carbocycles. The molecule has 0 radical (unpaired) electrons. The standard InChI is InChI=1S/C13H10ClFN4/c14-8-2-1-3-10(13(8)15)18-12-5-11-7(4-9(12)16)6-17-19-11/h1-6,18H,16H2,(H,17,19). The third-order valence-corrected chi connectivity index (χ3v) is 3.12. The summed E-state index contributed by atoms with van der Waals surface area (Å²) >= 11 is 5.74. The molecule has 0 bridgehead atoms. The minimum atomic E-state index is -0.506. The maximum atomic E-state index is 13.8. The van der Waals surface area contributed by atoms with Gasteiger partial charge in [-0.1, -0.05) is 17.7 Å². The summed E-state index contributed by atoms with van der Waals surface area (Å²) in [5, 5.41) is 10.6. The van der Waals surface area contributed by atoms with Crippen molar-refractivity contribution in [1.29, 1.82) is 0 Å².